The lowest BCUT2D eigenvalue weighted by Crippen LogP contribution is -2.13. The van der Waals surface area contributed by atoms with Crippen LogP contribution in [0.25, 0.3) is 0 Å². The van der Waals surface area contributed by atoms with Gasteiger partial charge in [-0.3, -0.25) is 0 Å². The van der Waals surface area contributed by atoms with Crippen LogP contribution in [0.4, 0.5) is 0 Å². The molecule has 0 spiro atoms. The Morgan fingerprint density at radius 2 is 1.87 bits per heavy atom. The lowest BCUT2D eigenvalue weighted by atomic mass is 10.5. The number of carbonyl (C=O) groups excluding carboxylic acids is 2. The smallest absolute Gasteiger partial charge is 0.333 e. The van der Waals surface area contributed by atoms with Crippen molar-refractivity contribution in [1.29, 1.82) is 0 Å². The summed E-state index contributed by atoms with van der Waals surface area (Å²) in [5.74, 6) is -1.56. The second-order valence-electron chi connectivity index (χ2n) is 2.32. The second-order valence-corrected chi connectivity index (χ2v) is 2.32. The minimum Gasteiger partial charge on any atom is -0.458 e. The Morgan fingerprint density at radius 1 is 1.27 bits per heavy atom. The first-order valence-electron chi connectivity index (χ1n) is 4.07. The van der Waals surface area contributed by atoms with Crippen LogP contribution in [0.2, 0.25) is 0 Å². The largest absolute Gasteiger partial charge is 0.458 e. The second kappa shape index (κ2) is 7.52. The van der Waals surface area contributed by atoms with E-state index >= 15 is 0 Å². The highest BCUT2D eigenvalue weighted by molar-refractivity contribution is 5.91. The summed E-state index contributed by atoms with van der Waals surface area (Å²) in [6.45, 7) is 6.60. The summed E-state index contributed by atoms with van der Waals surface area (Å²) < 4.78 is 8.88. The molecule has 0 amide bonds. The van der Waals surface area contributed by atoms with Crippen LogP contribution in [0.5, 0.6) is 0 Å². The number of hydrogen-bond donors (Lipinski definition) is 1. The molecule has 0 fully saturated rings. The van der Waals surface area contributed by atoms with Crippen molar-refractivity contribution in [3.63, 3.8) is 0 Å². The van der Waals surface area contributed by atoms with Gasteiger partial charge in [-0.1, -0.05) is 19.2 Å². The Balaban J connectivity index is 3.94. The quantitative estimate of drug-likeness (QED) is 0.297. The van der Waals surface area contributed by atoms with Gasteiger partial charge in [0.25, 0.3) is 0 Å². The molecule has 0 saturated carbocycles. The van der Waals surface area contributed by atoms with Crippen LogP contribution in [-0.4, -0.2) is 29.9 Å². The van der Waals surface area contributed by atoms with Crippen molar-refractivity contribution < 1.29 is 24.2 Å². The normalized spacial score (nSPS) is 11.8. The van der Waals surface area contributed by atoms with Gasteiger partial charge in [-0.05, 0) is 6.08 Å². The highest BCUT2D eigenvalue weighted by Gasteiger charge is 2.04. The number of aliphatic hydroxyl groups is 1. The van der Waals surface area contributed by atoms with E-state index in [0.29, 0.717) is 0 Å². The Hall–Kier alpha value is -1.88. The monoisotopic (exact) mass is 212 g/mol. The number of hydrogen-bond acceptors (Lipinski definition) is 5. The van der Waals surface area contributed by atoms with Gasteiger partial charge in [0.15, 0.2) is 0 Å². The number of esters is 2. The molecule has 82 valence electrons. The van der Waals surface area contributed by atoms with Gasteiger partial charge in [0.2, 0.25) is 6.29 Å². The highest BCUT2D eigenvalue weighted by Crippen LogP contribution is 1.91. The zero-order valence-corrected chi connectivity index (χ0v) is 8.09. The summed E-state index contributed by atoms with van der Waals surface area (Å²) >= 11 is 0. The molecule has 5 nitrogen and oxygen atoms in total. The van der Waals surface area contributed by atoms with Gasteiger partial charge in [0.05, 0.1) is 0 Å². The van der Waals surface area contributed by atoms with E-state index in [1.807, 2.05) is 0 Å². The molecule has 5 heteroatoms. The third-order valence-corrected chi connectivity index (χ3v) is 1.14. The molecule has 0 heterocycles. The summed E-state index contributed by atoms with van der Waals surface area (Å²) in [5, 5.41) is 8.81. The third kappa shape index (κ3) is 7.21. The van der Waals surface area contributed by atoms with Crippen LogP contribution < -0.4 is 0 Å². The van der Waals surface area contributed by atoms with Crippen molar-refractivity contribution in [3.8, 4) is 0 Å². The molecule has 0 aromatic carbocycles. The van der Waals surface area contributed by atoms with Crippen LogP contribution in [0.1, 0.15) is 0 Å². The molecule has 0 aliphatic carbocycles. The zero-order valence-electron chi connectivity index (χ0n) is 8.09. The van der Waals surface area contributed by atoms with Crippen molar-refractivity contribution in [2.75, 3.05) is 6.61 Å². The van der Waals surface area contributed by atoms with E-state index in [1.54, 1.807) is 0 Å². The first-order chi connectivity index (χ1) is 7.10. The lowest BCUT2D eigenvalue weighted by molar-refractivity contribution is -0.154. The molecule has 0 bridgehead atoms. The molecule has 0 rings (SSSR count). The Bertz CT molecular complexity index is 280. The molecule has 1 unspecified atom stereocenters. The SMILES string of the molecule is C=CCOC(=O)C=CC(=O)OC(O)C=C. The first kappa shape index (κ1) is 13.1. The topological polar surface area (TPSA) is 72.8 Å². The summed E-state index contributed by atoms with van der Waals surface area (Å²) in [4.78, 5) is 21.7. The highest BCUT2D eigenvalue weighted by atomic mass is 16.6. The summed E-state index contributed by atoms with van der Waals surface area (Å²) in [7, 11) is 0. The van der Waals surface area contributed by atoms with E-state index in [0.717, 1.165) is 18.2 Å². The number of ether oxygens (including phenoxy) is 2. The Labute approximate surface area is 87.3 Å². The van der Waals surface area contributed by atoms with Gasteiger partial charge in [0.1, 0.15) is 6.61 Å². The summed E-state index contributed by atoms with van der Waals surface area (Å²) in [6.07, 6.45) is 2.78. The predicted octanol–water partition coefficient (Wildman–Crippen LogP) is 0.319. The van der Waals surface area contributed by atoms with Gasteiger partial charge < -0.3 is 14.6 Å². The molecule has 1 atom stereocenters. The van der Waals surface area contributed by atoms with Crippen LogP contribution in [0, 0.1) is 0 Å². The standard InChI is InChI=1S/C10H12O5/c1-3-7-14-9(12)5-6-10(13)15-8(11)4-2/h3-6,8,11H,1-2,7H2. The maximum Gasteiger partial charge on any atom is 0.333 e. The maximum atomic E-state index is 10.8. The maximum absolute atomic E-state index is 10.8. The minimum atomic E-state index is -1.38. The van der Waals surface area contributed by atoms with Gasteiger partial charge in [-0.25, -0.2) is 9.59 Å². The van der Waals surface area contributed by atoms with Crippen molar-refractivity contribution in [3.05, 3.63) is 37.5 Å². The molecular weight excluding hydrogens is 200 g/mol. The molecule has 0 aliphatic rings. The fourth-order valence-electron chi connectivity index (χ4n) is 0.532. The van der Waals surface area contributed by atoms with E-state index in [1.165, 1.54) is 6.08 Å². The van der Waals surface area contributed by atoms with Gasteiger partial charge in [-0.15, -0.1) is 0 Å². The van der Waals surface area contributed by atoms with Gasteiger partial charge in [0, 0.05) is 12.2 Å². The van der Waals surface area contributed by atoms with Crippen LogP contribution in [-0.2, 0) is 19.1 Å². The molecule has 0 aromatic heterocycles. The predicted molar refractivity (Wildman–Crippen MR) is 52.6 cm³/mol. The molecule has 0 radical (unpaired) electrons. The molecule has 0 saturated heterocycles. The van der Waals surface area contributed by atoms with E-state index in [9.17, 15) is 9.59 Å². The van der Waals surface area contributed by atoms with Crippen molar-refractivity contribution in [1.82, 2.24) is 0 Å². The number of carbonyl (C=O) groups is 2. The third-order valence-electron chi connectivity index (χ3n) is 1.14. The van der Waals surface area contributed by atoms with E-state index in [4.69, 9.17) is 5.11 Å². The van der Waals surface area contributed by atoms with E-state index in [2.05, 4.69) is 22.6 Å². The average molecular weight is 212 g/mol. The fourth-order valence-corrected chi connectivity index (χ4v) is 0.532. The van der Waals surface area contributed by atoms with Gasteiger partial charge >= 0.3 is 11.9 Å². The zero-order chi connectivity index (χ0) is 11.7. The Morgan fingerprint density at radius 3 is 2.40 bits per heavy atom. The molecular formula is C10H12O5. The lowest BCUT2D eigenvalue weighted by Gasteiger charge is -2.03. The van der Waals surface area contributed by atoms with E-state index < -0.39 is 18.2 Å². The van der Waals surface area contributed by atoms with Crippen LogP contribution in [0.15, 0.2) is 37.5 Å². The molecule has 15 heavy (non-hydrogen) atoms. The van der Waals surface area contributed by atoms with Crippen LogP contribution >= 0.6 is 0 Å². The first-order valence-corrected chi connectivity index (χ1v) is 4.07. The van der Waals surface area contributed by atoms with Gasteiger partial charge in [-0.2, -0.15) is 0 Å². The molecule has 0 aromatic rings. The van der Waals surface area contributed by atoms with Crippen molar-refractivity contribution in [2.24, 2.45) is 0 Å². The van der Waals surface area contributed by atoms with Crippen LogP contribution in [0.3, 0.4) is 0 Å². The summed E-state index contributed by atoms with van der Waals surface area (Å²) in [6, 6.07) is 0. The van der Waals surface area contributed by atoms with Crippen molar-refractivity contribution in [2.45, 2.75) is 6.29 Å². The van der Waals surface area contributed by atoms with Crippen molar-refractivity contribution >= 4 is 11.9 Å². The molecule has 1 N–H and O–H groups in total. The Kier molecular flexibility index (Phi) is 6.57. The minimum absolute atomic E-state index is 0.0630. The molecule has 0 aliphatic heterocycles. The average Bonchev–Trinajstić information content (AvgIpc) is 2.23. The number of aliphatic hydroxyl groups excluding tert-OH is 1. The summed E-state index contributed by atoms with van der Waals surface area (Å²) in [5.41, 5.74) is 0. The fraction of sp³-hybridized carbons (Fsp3) is 0.200. The number of rotatable bonds is 6. The van der Waals surface area contributed by atoms with E-state index in [-0.39, 0.29) is 6.61 Å².